The molecule has 0 aliphatic carbocycles. The van der Waals surface area contributed by atoms with Gasteiger partial charge in [-0.15, -0.1) is 22.7 Å². The van der Waals surface area contributed by atoms with Gasteiger partial charge in [-0.1, -0.05) is 17.7 Å². The summed E-state index contributed by atoms with van der Waals surface area (Å²) in [5.41, 5.74) is 2.97. The number of hydrogen-bond acceptors (Lipinski definition) is 5. The van der Waals surface area contributed by atoms with E-state index in [4.69, 9.17) is 16.6 Å². The standard InChI is InChI=1S/C20H19ClN4OS2/c1-4-25(11-13-7-8-17(21)28-13)20(26)14-10-15(16-6-5-9-27-16)22-19-18(14)12(2)23-24(19)3/h5-10H,4,11H2,1-3H3. The number of nitrogens with zero attached hydrogens (tertiary/aromatic N) is 4. The molecule has 0 aromatic carbocycles. The lowest BCUT2D eigenvalue weighted by molar-refractivity contribution is 0.0756. The highest BCUT2D eigenvalue weighted by molar-refractivity contribution is 7.16. The lowest BCUT2D eigenvalue weighted by atomic mass is 10.1. The average molecular weight is 431 g/mol. The zero-order chi connectivity index (χ0) is 19.8. The monoisotopic (exact) mass is 430 g/mol. The number of carbonyl (C=O) groups excluding carboxylic acids is 1. The second-order valence-corrected chi connectivity index (χ2v) is 9.21. The van der Waals surface area contributed by atoms with Gasteiger partial charge in [0.15, 0.2) is 5.65 Å². The molecular formula is C20H19ClN4OS2. The predicted molar refractivity (Wildman–Crippen MR) is 116 cm³/mol. The number of fused-ring (bicyclic) bond motifs is 1. The van der Waals surface area contributed by atoms with Crippen LogP contribution in [0.2, 0.25) is 4.34 Å². The normalized spacial score (nSPS) is 11.3. The van der Waals surface area contributed by atoms with Crippen LogP contribution in [0.15, 0.2) is 35.7 Å². The Hall–Kier alpha value is -2.22. The van der Waals surface area contributed by atoms with E-state index >= 15 is 0 Å². The molecule has 4 aromatic rings. The van der Waals surface area contributed by atoms with E-state index in [1.165, 1.54) is 11.3 Å². The maximum atomic E-state index is 13.5. The molecule has 0 aliphatic rings. The Morgan fingerprint density at radius 3 is 2.79 bits per heavy atom. The number of thiophene rings is 2. The first-order valence-corrected chi connectivity index (χ1v) is 11.0. The second kappa shape index (κ2) is 7.66. The van der Waals surface area contributed by atoms with Crippen molar-refractivity contribution < 1.29 is 4.79 Å². The number of aryl methyl sites for hydroxylation is 2. The van der Waals surface area contributed by atoms with E-state index in [0.717, 1.165) is 36.5 Å². The van der Waals surface area contributed by atoms with Crippen LogP contribution in [0.4, 0.5) is 0 Å². The predicted octanol–water partition coefficient (Wildman–Crippen LogP) is 5.38. The topological polar surface area (TPSA) is 51.0 Å². The summed E-state index contributed by atoms with van der Waals surface area (Å²) >= 11 is 9.17. The van der Waals surface area contributed by atoms with E-state index in [2.05, 4.69) is 5.10 Å². The Bertz CT molecular complexity index is 1150. The van der Waals surface area contributed by atoms with E-state index in [1.54, 1.807) is 16.0 Å². The van der Waals surface area contributed by atoms with Crippen molar-refractivity contribution in [2.24, 2.45) is 7.05 Å². The smallest absolute Gasteiger partial charge is 0.255 e. The van der Waals surface area contributed by atoms with Crippen molar-refractivity contribution in [3.8, 4) is 10.6 Å². The summed E-state index contributed by atoms with van der Waals surface area (Å²) in [6.45, 7) is 5.04. The third-order valence-corrected chi connectivity index (χ3v) is 6.73. The van der Waals surface area contributed by atoms with Crippen LogP contribution in [0, 0.1) is 6.92 Å². The third-order valence-electron chi connectivity index (χ3n) is 4.62. The molecule has 8 heteroatoms. The molecule has 0 unspecified atom stereocenters. The second-order valence-electron chi connectivity index (χ2n) is 6.47. The van der Waals surface area contributed by atoms with Crippen molar-refractivity contribution in [2.45, 2.75) is 20.4 Å². The van der Waals surface area contributed by atoms with Gasteiger partial charge in [0.2, 0.25) is 0 Å². The number of carbonyl (C=O) groups is 1. The van der Waals surface area contributed by atoms with E-state index in [-0.39, 0.29) is 5.91 Å². The Morgan fingerprint density at radius 1 is 1.32 bits per heavy atom. The minimum absolute atomic E-state index is 0.0201. The lowest BCUT2D eigenvalue weighted by Gasteiger charge is -2.21. The van der Waals surface area contributed by atoms with Crippen LogP contribution in [-0.2, 0) is 13.6 Å². The first kappa shape index (κ1) is 19.1. The Kier molecular flexibility index (Phi) is 5.23. The maximum absolute atomic E-state index is 13.5. The fourth-order valence-electron chi connectivity index (χ4n) is 3.29. The van der Waals surface area contributed by atoms with Gasteiger partial charge in [-0.25, -0.2) is 4.98 Å². The van der Waals surface area contributed by atoms with Gasteiger partial charge in [-0.05, 0) is 43.5 Å². The molecule has 144 valence electrons. The van der Waals surface area contributed by atoms with Crippen molar-refractivity contribution in [3.05, 3.63) is 56.2 Å². The summed E-state index contributed by atoms with van der Waals surface area (Å²) in [6.07, 6.45) is 0. The van der Waals surface area contributed by atoms with Crippen LogP contribution in [0.1, 0.15) is 27.9 Å². The van der Waals surface area contributed by atoms with Crippen LogP contribution >= 0.6 is 34.3 Å². The van der Waals surface area contributed by atoms with Crippen LogP contribution in [0.3, 0.4) is 0 Å². The van der Waals surface area contributed by atoms with Crippen molar-refractivity contribution in [1.29, 1.82) is 0 Å². The van der Waals surface area contributed by atoms with E-state index in [1.807, 2.05) is 61.5 Å². The molecule has 0 N–H and O–H groups in total. The van der Waals surface area contributed by atoms with Gasteiger partial charge in [0.25, 0.3) is 5.91 Å². The molecule has 4 aromatic heterocycles. The number of halogens is 1. The quantitative estimate of drug-likeness (QED) is 0.427. The van der Waals surface area contributed by atoms with Crippen LogP contribution in [-0.4, -0.2) is 32.1 Å². The highest BCUT2D eigenvalue weighted by Gasteiger charge is 2.23. The molecule has 4 heterocycles. The van der Waals surface area contributed by atoms with Crippen molar-refractivity contribution >= 4 is 51.2 Å². The highest BCUT2D eigenvalue weighted by atomic mass is 35.5. The van der Waals surface area contributed by atoms with Gasteiger partial charge in [0.05, 0.1) is 38.1 Å². The Balaban J connectivity index is 1.82. The molecule has 0 aliphatic heterocycles. The van der Waals surface area contributed by atoms with E-state index < -0.39 is 0 Å². The molecule has 28 heavy (non-hydrogen) atoms. The molecule has 0 radical (unpaired) electrons. The fourth-order valence-corrected chi connectivity index (χ4v) is 5.08. The van der Waals surface area contributed by atoms with Crippen molar-refractivity contribution in [3.63, 3.8) is 0 Å². The zero-order valence-corrected chi connectivity index (χ0v) is 18.2. The molecule has 1 amide bonds. The molecule has 0 fully saturated rings. The van der Waals surface area contributed by atoms with E-state index in [9.17, 15) is 4.79 Å². The third kappa shape index (κ3) is 3.45. The van der Waals surface area contributed by atoms with E-state index in [0.29, 0.717) is 18.7 Å². The van der Waals surface area contributed by atoms with Gasteiger partial charge in [-0.2, -0.15) is 5.10 Å². The van der Waals surface area contributed by atoms with Crippen molar-refractivity contribution in [2.75, 3.05) is 6.54 Å². The first-order valence-electron chi connectivity index (χ1n) is 8.89. The van der Waals surface area contributed by atoms with Crippen molar-refractivity contribution in [1.82, 2.24) is 19.7 Å². The van der Waals surface area contributed by atoms with Gasteiger partial charge < -0.3 is 4.90 Å². The average Bonchev–Trinajstić information content (AvgIpc) is 3.41. The van der Waals surface area contributed by atoms with Crippen LogP contribution in [0.25, 0.3) is 21.6 Å². The molecule has 5 nitrogen and oxygen atoms in total. The summed E-state index contributed by atoms with van der Waals surface area (Å²) in [5, 5.41) is 7.32. The highest BCUT2D eigenvalue weighted by Crippen LogP contribution is 2.30. The molecule has 4 rings (SSSR count). The molecular weight excluding hydrogens is 412 g/mol. The maximum Gasteiger partial charge on any atom is 0.255 e. The Labute approximate surface area is 176 Å². The van der Waals surface area contributed by atoms with Crippen LogP contribution in [0.5, 0.6) is 0 Å². The van der Waals surface area contributed by atoms with Gasteiger partial charge in [0.1, 0.15) is 0 Å². The summed E-state index contributed by atoms with van der Waals surface area (Å²) in [7, 11) is 1.86. The van der Waals surface area contributed by atoms with Gasteiger partial charge >= 0.3 is 0 Å². The molecule has 0 saturated carbocycles. The summed E-state index contributed by atoms with van der Waals surface area (Å²) in [6, 6.07) is 9.74. The zero-order valence-electron chi connectivity index (χ0n) is 15.8. The summed E-state index contributed by atoms with van der Waals surface area (Å²) in [4.78, 5) is 22.2. The number of aromatic nitrogens is 3. The minimum atomic E-state index is -0.0201. The number of pyridine rings is 1. The van der Waals surface area contributed by atoms with Gasteiger partial charge in [0, 0.05) is 18.5 Å². The minimum Gasteiger partial charge on any atom is -0.334 e. The number of amides is 1. The number of hydrogen-bond donors (Lipinski definition) is 0. The van der Waals surface area contributed by atoms with Gasteiger partial charge in [-0.3, -0.25) is 9.48 Å². The summed E-state index contributed by atoms with van der Waals surface area (Å²) < 4.78 is 2.47. The largest absolute Gasteiger partial charge is 0.334 e. The fraction of sp³-hybridized carbons (Fsp3) is 0.250. The molecule has 0 bridgehead atoms. The lowest BCUT2D eigenvalue weighted by Crippen LogP contribution is -2.30. The SMILES string of the molecule is CCN(Cc1ccc(Cl)s1)C(=O)c1cc(-c2cccs2)nc2c1c(C)nn2C. The summed E-state index contributed by atoms with van der Waals surface area (Å²) in [5.74, 6) is -0.0201. The molecule has 0 spiro atoms. The first-order chi connectivity index (χ1) is 13.5. The van der Waals surface area contributed by atoms with Crippen LogP contribution < -0.4 is 0 Å². The molecule has 0 atom stereocenters. The number of rotatable bonds is 5. The molecule has 0 saturated heterocycles. The Morgan fingerprint density at radius 2 is 2.14 bits per heavy atom.